The van der Waals surface area contributed by atoms with Gasteiger partial charge in [-0.05, 0) is 58.9 Å². The molecule has 0 amide bonds. The third-order valence-corrected chi connectivity index (χ3v) is 6.19. The Labute approximate surface area is 198 Å². The van der Waals surface area contributed by atoms with E-state index in [9.17, 15) is 9.90 Å². The van der Waals surface area contributed by atoms with Gasteiger partial charge in [0.1, 0.15) is 11.6 Å². The Morgan fingerprint density at radius 3 is 2.50 bits per heavy atom. The van der Waals surface area contributed by atoms with E-state index in [1.807, 2.05) is 48.7 Å². The normalized spacial score (nSPS) is 12.1. The largest absolute Gasteiger partial charge is 0.497 e. The van der Waals surface area contributed by atoms with E-state index in [2.05, 4.69) is 24.9 Å². The molecule has 0 radical (unpaired) electrons. The Bertz CT molecular complexity index is 1370. The van der Waals surface area contributed by atoms with E-state index in [1.165, 1.54) is 7.11 Å². The lowest BCUT2D eigenvalue weighted by molar-refractivity contribution is 0.0697. The van der Waals surface area contributed by atoms with Crippen LogP contribution in [0.1, 0.15) is 53.2 Å². The minimum Gasteiger partial charge on any atom is -0.497 e. The molecule has 34 heavy (non-hydrogen) atoms. The Hall–Kier alpha value is -4.06. The first-order valence-electron chi connectivity index (χ1n) is 11.3. The van der Waals surface area contributed by atoms with Crippen LogP contribution in [0.5, 0.6) is 5.75 Å². The summed E-state index contributed by atoms with van der Waals surface area (Å²) in [4.78, 5) is 15.5. The van der Waals surface area contributed by atoms with Gasteiger partial charge >= 0.3 is 5.97 Å². The molecule has 0 saturated heterocycles. The number of amidine groups is 1. The van der Waals surface area contributed by atoms with Crippen molar-refractivity contribution in [3.63, 3.8) is 0 Å². The van der Waals surface area contributed by atoms with Crippen molar-refractivity contribution in [3.8, 4) is 16.9 Å². The molecule has 0 aliphatic rings. The summed E-state index contributed by atoms with van der Waals surface area (Å²) in [6, 6.07) is 19.0. The minimum atomic E-state index is -0.993. The summed E-state index contributed by atoms with van der Waals surface area (Å²) in [5.41, 5.74) is 11.2. The molecule has 6 heteroatoms. The standard InChI is InChI=1S/C28H29N3O3/c1-16(2)12-23(25-15-31-26-13-17(27(29)30)8-10-22(25)26)20-7-5-4-6-19(20)21-11-9-18(34-3)14-24(21)28(32)33/h4-11,13-16,23,31H,12H2,1-3H3,(H3,29,30)(H,32,33). The molecule has 0 spiro atoms. The number of H-pyrrole nitrogens is 1. The zero-order valence-electron chi connectivity index (χ0n) is 19.6. The molecule has 0 bridgehead atoms. The zero-order chi connectivity index (χ0) is 24.4. The van der Waals surface area contributed by atoms with E-state index in [4.69, 9.17) is 15.9 Å². The highest BCUT2D eigenvalue weighted by molar-refractivity contribution is 5.99. The monoisotopic (exact) mass is 455 g/mol. The number of nitrogens with one attached hydrogen (secondary N) is 2. The topological polar surface area (TPSA) is 112 Å². The number of rotatable bonds is 8. The predicted molar refractivity (Wildman–Crippen MR) is 136 cm³/mol. The number of aromatic amines is 1. The highest BCUT2D eigenvalue weighted by Gasteiger charge is 2.24. The van der Waals surface area contributed by atoms with Crippen LogP contribution in [0.15, 0.2) is 66.9 Å². The van der Waals surface area contributed by atoms with Crippen molar-refractivity contribution < 1.29 is 14.6 Å². The third-order valence-electron chi connectivity index (χ3n) is 6.19. The van der Waals surface area contributed by atoms with E-state index in [1.54, 1.807) is 12.1 Å². The summed E-state index contributed by atoms with van der Waals surface area (Å²) in [7, 11) is 1.53. The second kappa shape index (κ2) is 9.43. The molecule has 4 rings (SSSR count). The van der Waals surface area contributed by atoms with Gasteiger partial charge in [0.15, 0.2) is 0 Å². The zero-order valence-corrected chi connectivity index (χ0v) is 19.6. The summed E-state index contributed by atoms with van der Waals surface area (Å²) < 4.78 is 5.27. The fraction of sp³-hybridized carbons (Fsp3) is 0.214. The molecule has 6 nitrogen and oxygen atoms in total. The number of hydrogen-bond acceptors (Lipinski definition) is 3. The van der Waals surface area contributed by atoms with Crippen LogP contribution in [-0.4, -0.2) is 29.0 Å². The summed E-state index contributed by atoms with van der Waals surface area (Å²) >= 11 is 0. The Kier molecular flexibility index (Phi) is 6.41. The number of hydrogen-bond donors (Lipinski definition) is 4. The first-order valence-corrected chi connectivity index (χ1v) is 11.3. The first kappa shape index (κ1) is 23.1. The lowest BCUT2D eigenvalue weighted by Crippen LogP contribution is -2.10. The fourth-order valence-corrected chi connectivity index (χ4v) is 4.61. The van der Waals surface area contributed by atoms with Gasteiger partial charge in [-0.1, -0.05) is 50.2 Å². The van der Waals surface area contributed by atoms with Gasteiger partial charge in [0.05, 0.1) is 12.7 Å². The lowest BCUT2D eigenvalue weighted by Gasteiger charge is -2.23. The number of carbonyl (C=O) groups is 1. The average molecular weight is 456 g/mol. The first-order chi connectivity index (χ1) is 16.3. The summed E-state index contributed by atoms with van der Waals surface area (Å²) in [5.74, 6) is -0.00254. The predicted octanol–water partition coefficient (Wildman–Crippen LogP) is 6.00. The van der Waals surface area contributed by atoms with Gasteiger partial charge in [0.2, 0.25) is 0 Å². The van der Waals surface area contributed by atoms with Crippen LogP contribution in [0, 0.1) is 11.3 Å². The Balaban J connectivity index is 1.92. The second-order valence-electron chi connectivity index (χ2n) is 8.90. The number of nitrogen functional groups attached to an aromatic ring is 1. The highest BCUT2D eigenvalue weighted by atomic mass is 16.5. The molecule has 1 unspecified atom stereocenters. The lowest BCUT2D eigenvalue weighted by atomic mass is 9.80. The van der Waals surface area contributed by atoms with Crippen LogP contribution in [0.4, 0.5) is 0 Å². The van der Waals surface area contributed by atoms with Gasteiger partial charge in [-0.15, -0.1) is 0 Å². The molecule has 1 atom stereocenters. The molecule has 4 aromatic rings. The van der Waals surface area contributed by atoms with Crippen molar-refractivity contribution in [2.24, 2.45) is 11.7 Å². The minimum absolute atomic E-state index is 0.0304. The van der Waals surface area contributed by atoms with Gasteiger partial charge in [-0.2, -0.15) is 0 Å². The highest BCUT2D eigenvalue weighted by Crippen LogP contribution is 2.41. The molecule has 5 N–H and O–H groups in total. The van der Waals surface area contributed by atoms with Gasteiger partial charge in [-0.25, -0.2) is 4.79 Å². The Morgan fingerprint density at radius 2 is 1.82 bits per heavy atom. The van der Waals surface area contributed by atoms with E-state index in [-0.39, 0.29) is 17.3 Å². The number of ether oxygens (including phenoxy) is 1. The van der Waals surface area contributed by atoms with Crippen LogP contribution in [0.2, 0.25) is 0 Å². The number of aromatic nitrogens is 1. The van der Waals surface area contributed by atoms with Crippen LogP contribution in [0.3, 0.4) is 0 Å². The maximum atomic E-state index is 12.1. The summed E-state index contributed by atoms with van der Waals surface area (Å²) in [6.45, 7) is 4.38. The van der Waals surface area contributed by atoms with Crippen LogP contribution < -0.4 is 10.5 Å². The molecule has 3 aromatic carbocycles. The summed E-state index contributed by atoms with van der Waals surface area (Å²) in [6.07, 6.45) is 2.90. The molecule has 0 aliphatic carbocycles. The number of carboxylic acids is 1. The van der Waals surface area contributed by atoms with Crippen LogP contribution in [0.25, 0.3) is 22.0 Å². The van der Waals surface area contributed by atoms with Gasteiger partial charge in [0, 0.05) is 28.6 Å². The van der Waals surface area contributed by atoms with Crippen molar-refractivity contribution in [2.45, 2.75) is 26.2 Å². The van der Waals surface area contributed by atoms with Crippen molar-refractivity contribution in [2.75, 3.05) is 7.11 Å². The molecule has 0 fully saturated rings. The van der Waals surface area contributed by atoms with E-state index in [0.29, 0.717) is 22.8 Å². The fourth-order valence-electron chi connectivity index (χ4n) is 4.61. The maximum Gasteiger partial charge on any atom is 0.336 e. The molecular formula is C28H29N3O3. The van der Waals surface area contributed by atoms with Crippen molar-refractivity contribution in [1.82, 2.24) is 4.98 Å². The van der Waals surface area contributed by atoms with Gasteiger partial charge in [-0.3, -0.25) is 5.41 Å². The summed E-state index contributed by atoms with van der Waals surface area (Å²) in [5, 5.41) is 18.7. The van der Waals surface area contributed by atoms with Gasteiger partial charge < -0.3 is 20.6 Å². The number of nitrogens with two attached hydrogens (primary N) is 1. The quantitative estimate of drug-likeness (QED) is 0.193. The molecule has 174 valence electrons. The van der Waals surface area contributed by atoms with E-state index >= 15 is 0 Å². The van der Waals surface area contributed by atoms with Crippen molar-refractivity contribution in [3.05, 3.63) is 89.1 Å². The van der Waals surface area contributed by atoms with Crippen LogP contribution in [-0.2, 0) is 0 Å². The Morgan fingerprint density at radius 1 is 1.06 bits per heavy atom. The smallest absolute Gasteiger partial charge is 0.336 e. The number of fused-ring (bicyclic) bond motifs is 1. The van der Waals surface area contributed by atoms with Crippen molar-refractivity contribution in [1.29, 1.82) is 5.41 Å². The van der Waals surface area contributed by atoms with Crippen molar-refractivity contribution >= 4 is 22.7 Å². The SMILES string of the molecule is COc1ccc(-c2ccccc2C(CC(C)C)c2c[nH]c3cc(C(=N)N)ccc23)c(C(=O)O)c1. The molecule has 1 aromatic heterocycles. The third kappa shape index (κ3) is 4.39. The van der Waals surface area contributed by atoms with E-state index < -0.39 is 5.97 Å². The molecule has 0 saturated carbocycles. The number of methoxy groups -OCH3 is 1. The number of carboxylic acid groups (broad SMARTS) is 1. The molecular weight excluding hydrogens is 426 g/mol. The van der Waals surface area contributed by atoms with E-state index in [0.717, 1.165) is 34.0 Å². The van der Waals surface area contributed by atoms with Crippen LogP contribution >= 0.6 is 0 Å². The maximum absolute atomic E-state index is 12.1. The molecule has 1 heterocycles. The van der Waals surface area contributed by atoms with Gasteiger partial charge in [0.25, 0.3) is 0 Å². The number of benzene rings is 3. The average Bonchev–Trinajstić information content (AvgIpc) is 3.25. The second-order valence-corrected chi connectivity index (χ2v) is 8.90. The number of aromatic carboxylic acids is 1. The molecule has 0 aliphatic heterocycles.